The molecule has 2 aromatic rings. The summed E-state index contributed by atoms with van der Waals surface area (Å²) in [5.74, 6) is 1.48. The number of benzene rings is 1. The quantitative estimate of drug-likeness (QED) is 0.772. The summed E-state index contributed by atoms with van der Waals surface area (Å²) in [5, 5.41) is 16.0. The molecule has 2 aliphatic heterocycles. The molecule has 0 radical (unpaired) electrons. The fraction of sp³-hybridized carbons (Fsp3) is 0.440. The van der Waals surface area contributed by atoms with E-state index in [1.54, 1.807) is 13.1 Å². The second-order valence-electron chi connectivity index (χ2n) is 9.05. The van der Waals surface area contributed by atoms with Crippen LogP contribution in [0.4, 0.5) is 11.5 Å². The Bertz CT molecular complexity index is 1100. The standard InChI is InChI=1S/C25H28N6O/c1-15-24(30-23-14-28-20(12-26)13-29-23)21-11-19(17-7-9-27-10-8-17)5-6-22(21)31(16(2)32)25(15)18-3-4-18/h5-7,11,13-15,18,24-25,27H,3-4,8-10H2,1-2H3,(H,29,30)/t15-,24-,25+/m1/s1. The minimum atomic E-state index is -0.00398. The monoisotopic (exact) mass is 428 g/mol. The van der Waals surface area contributed by atoms with Gasteiger partial charge in [-0.1, -0.05) is 19.1 Å². The van der Waals surface area contributed by atoms with Crippen molar-refractivity contribution in [3.8, 4) is 6.07 Å². The second kappa shape index (κ2) is 8.36. The van der Waals surface area contributed by atoms with Gasteiger partial charge in [0, 0.05) is 31.1 Å². The van der Waals surface area contributed by atoms with Crippen LogP contribution in [0.5, 0.6) is 0 Å². The van der Waals surface area contributed by atoms with E-state index in [4.69, 9.17) is 5.26 Å². The van der Waals surface area contributed by atoms with Gasteiger partial charge in [-0.15, -0.1) is 0 Å². The summed E-state index contributed by atoms with van der Waals surface area (Å²) >= 11 is 0. The van der Waals surface area contributed by atoms with Crippen LogP contribution in [0.1, 0.15) is 56.0 Å². The summed E-state index contributed by atoms with van der Waals surface area (Å²) in [6, 6.07) is 8.70. The van der Waals surface area contributed by atoms with Crippen LogP contribution in [0.3, 0.4) is 0 Å². The molecule has 3 aliphatic rings. The van der Waals surface area contributed by atoms with Crippen molar-refractivity contribution in [1.82, 2.24) is 15.3 Å². The Morgan fingerprint density at radius 3 is 2.75 bits per heavy atom. The first-order valence-corrected chi connectivity index (χ1v) is 11.4. The number of nitrogens with one attached hydrogen (secondary N) is 2. The topological polar surface area (TPSA) is 93.9 Å². The van der Waals surface area contributed by atoms with Gasteiger partial charge in [0.2, 0.25) is 5.91 Å². The highest BCUT2D eigenvalue weighted by atomic mass is 16.2. The Hall–Kier alpha value is -3.24. The molecule has 1 aromatic carbocycles. The van der Waals surface area contributed by atoms with Gasteiger partial charge in [0.15, 0.2) is 5.69 Å². The molecule has 1 fully saturated rings. The first kappa shape index (κ1) is 20.7. The molecule has 7 nitrogen and oxygen atoms in total. The Labute approximate surface area is 188 Å². The first-order chi connectivity index (χ1) is 15.6. The van der Waals surface area contributed by atoms with Gasteiger partial charge in [0.25, 0.3) is 0 Å². The minimum absolute atomic E-state index is 0.00398. The number of amides is 1. The zero-order chi connectivity index (χ0) is 22.2. The maximum atomic E-state index is 12.8. The van der Waals surface area contributed by atoms with Crippen molar-refractivity contribution >= 4 is 23.0 Å². The third kappa shape index (κ3) is 3.76. The molecule has 0 unspecified atom stereocenters. The van der Waals surface area contributed by atoms with Crippen LogP contribution in [0.25, 0.3) is 5.57 Å². The number of rotatable bonds is 4. The van der Waals surface area contributed by atoms with Crippen LogP contribution >= 0.6 is 0 Å². The number of aromatic nitrogens is 2. The van der Waals surface area contributed by atoms with Crippen LogP contribution in [-0.2, 0) is 4.79 Å². The van der Waals surface area contributed by atoms with Gasteiger partial charge in [0.1, 0.15) is 11.9 Å². The molecule has 3 atom stereocenters. The SMILES string of the molecule is CC(=O)N1c2ccc(C3=CCNCC3)cc2[C@H](Nc2cnc(C#N)cn2)[C@@H](C)[C@H]1C1CC1. The molecule has 3 heterocycles. The molecule has 0 saturated heterocycles. The zero-order valence-corrected chi connectivity index (χ0v) is 18.5. The van der Waals surface area contributed by atoms with Crippen LogP contribution in [0.2, 0.25) is 0 Å². The number of carbonyl (C=O) groups excluding carboxylic acids is 1. The third-order valence-corrected chi connectivity index (χ3v) is 6.93. The van der Waals surface area contributed by atoms with Gasteiger partial charge in [-0.3, -0.25) is 4.79 Å². The molecule has 0 spiro atoms. The van der Waals surface area contributed by atoms with E-state index in [2.05, 4.69) is 51.8 Å². The molecule has 164 valence electrons. The predicted molar refractivity (Wildman–Crippen MR) is 124 cm³/mol. The van der Waals surface area contributed by atoms with Gasteiger partial charge in [-0.2, -0.15) is 5.26 Å². The number of fused-ring (bicyclic) bond motifs is 1. The summed E-state index contributed by atoms with van der Waals surface area (Å²) in [4.78, 5) is 23.4. The van der Waals surface area contributed by atoms with Crippen molar-refractivity contribution in [3.63, 3.8) is 0 Å². The van der Waals surface area contributed by atoms with Crippen molar-refractivity contribution in [1.29, 1.82) is 5.26 Å². The van der Waals surface area contributed by atoms with Gasteiger partial charge in [-0.25, -0.2) is 9.97 Å². The highest BCUT2D eigenvalue weighted by Crippen LogP contribution is 2.50. The van der Waals surface area contributed by atoms with Crippen molar-refractivity contribution in [2.24, 2.45) is 11.8 Å². The average Bonchev–Trinajstić information content (AvgIpc) is 3.66. The third-order valence-electron chi connectivity index (χ3n) is 6.93. The molecular weight excluding hydrogens is 400 g/mol. The van der Waals surface area contributed by atoms with Gasteiger partial charge in [-0.05, 0) is 60.6 Å². The molecule has 1 saturated carbocycles. The zero-order valence-electron chi connectivity index (χ0n) is 18.5. The van der Waals surface area contributed by atoms with E-state index >= 15 is 0 Å². The molecule has 32 heavy (non-hydrogen) atoms. The van der Waals surface area contributed by atoms with Crippen LogP contribution in [0.15, 0.2) is 36.7 Å². The lowest BCUT2D eigenvalue weighted by Crippen LogP contribution is -2.51. The largest absolute Gasteiger partial charge is 0.362 e. The van der Waals surface area contributed by atoms with E-state index < -0.39 is 0 Å². The fourth-order valence-electron chi connectivity index (χ4n) is 5.27. The normalized spacial score (nSPS) is 24.8. The Morgan fingerprint density at radius 1 is 1.28 bits per heavy atom. The molecular formula is C25H28N6O. The van der Waals surface area contributed by atoms with E-state index in [1.807, 2.05) is 11.0 Å². The maximum absolute atomic E-state index is 12.8. The second-order valence-corrected chi connectivity index (χ2v) is 9.05. The summed E-state index contributed by atoms with van der Waals surface area (Å²) in [6.45, 7) is 5.77. The molecule has 2 N–H and O–H groups in total. The molecule has 0 bridgehead atoms. The maximum Gasteiger partial charge on any atom is 0.224 e. The summed E-state index contributed by atoms with van der Waals surface area (Å²) in [6.07, 6.45) is 8.68. The van der Waals surface area contributed by atoms with Gasteiger partial charge in [0.05, 0.1) is 18.4 Å². The Morgan fingerprint density at radius 2 is 2.12 bits per heavy atom. The Kier molecular flexibility index (Phi) is 5.40. The number of hydrogen-bond donors (Lipinski definition) is 2. The number of nitriles is 1. The lowest BCUT2D eigenvalue weighted by Gasteiger charge is -2.46. The van der Waals surface area contributed by atoms with Crippen molar-refractivity contribution in [2.75, 3.05) is 23.3 Å². The lowest BCUT2D eigenvalue weighted by atomic mass is 9.79. The number of nitrogens with zero attached hydrogens (tertiary/aromatic N) is 4. The summed E-state index contributed by atoms with van der Waals surface area (Å²) < 4.78 is 0. The summed E-state index contributed by atoms with van der Waals surface area (Å²) in [5.41, 5.74) is 4.96. The van der Waals surface area contributed by atoms with Crippen LogP contribution in [0, 0.1) is 23.2 Å². The van der Waals surface area contributed by atoms with E-state index in [1.165, 1.54) is 17.3 Å². The average molecular weight is 429 g/mol. The fourth-order valence-corrected chi connectivity index (χ4v) is 5.27. The van der Waals surface area contributed by atoms with E-state index in [-0.39, 0.29) is 23.9 Å². The van der Waals surface area contributed by atoms with Crippen molar-refractivity contribution in [3.05, 3.63) is 53.5 Å². The minimum Gasteiger partial charge on any atom is -0.362 e. The number of hydrogen-bond acceptors (Lipinski definition) is 6. The molecule has 7 heteroatoms. The lowest BCUT2D eigenvalue weighted by molar-refractivity contribution is -0.117. The highest BCUT2D eigenvalue weighted by molar-refractivity contribution is 5.94. The smallest absolute Gasteiger partial charge is 0.224 e. The predicted octanol–water partition coefficient (Wildman–Crippen LogP) is 3.66. The Balaban J connectivity index is 1.59. The van der Waals surface area contributed by atoms with Crippen molar-refractivity contribution in [2.45, 2.75) is 45.2 Å². The first-order valence-electron chi connectivity index (χ1n) is 11.4. The molecule has 1 aliphatic carbocycles. The van der Waals surface area contributed by atoms with Gasteiger partial charge < -0.3 is 15.5 Å². The van der Waals surface area contributed by atoms with Gasteiger partial charge >= 0.3 is 0 Å². The molecule has 5 rings (SSSR count). The number of anilines is 2. The van der Waals surface area contributed by atoms with Crippen LogP contribution in [-0.4, -0.2) is 35.0 Å². The van der Waals surface area contributed by atoms with E-state index in [0.717, 1.165) is 43.6 Å². The molecule has 1 aromatic heterocycles. The highest BCUT2D eigenvalue weighted by Gasteiger charge is 2.47. The van der Waals surface area contributed by atoms with E-state index in [0.29, 0.717) is 17.4 Å². The van der Waals surface area contributed by atoms with Crippen molar-refractivity contribution < 1.29 is 4.79 Å². The van der Waals surface area contributed by atoms with Crippen LogP contribution < -0.4 is 15.5 Å². The number of carbonyl (C=O) groups is 1. The van der Waals surface area contributed by atoms with E-state index in [9.17, 15) is 4.79 Å². The molecule has 1 amide bonds. The summed E-state index contributed by atoms with van der Waals surface area (Å²) in [7, 11) is 0.